The number of carbonyl (C=O) groups is 2. The van der Waals surface area contributed by atoms with Crippen molar-refractivity contribution in [2.24, 2.45) is 5.92 Å². The second kappa shape index (κ2) is 9.89. The van der Waals surface area contributed by atoms with Gasteiger partial charge < -0.3 is 14.8 Å². The van der Waals surface area contributed by atoms with Crippen LogP contribution in [0.25, 0.3) is 11.0 Å². The molecule has 0 saturated carbocycles. The van der Waals surface area contributed by atoms with Crippen molar-refractivity contribution >= 4 is 22.8 Å². The molecule has 194 valence electrons. The van der Waals surface area contributed by atoms with Crippen LogP contribution in [0.2, 0.25) is 0 Å². The molecule has 3 aliphatic rings. The van der Waals surface area contributed by atoms with Crippen molar-refractivity contribution in [2.45, 2.75) is 63.2 Å². The van der Waals surface area contributed by atoms with Gasteiger partial charge in [0, 0.05) is 50.7 Å². The van der Waals surface area contributed by atoms with Crippen molar-refractivity contribution in [1.82, 2.24) is 24.7 Å². The lowest BCUT2D eigenvalue weighted by molar-refractivity contribution is -0.141. The molecule has 1 unspecified atom stereocenters. The molecule has 8 heteroatoms. The van der Waals surface area contributed by atoms with Gasteiger partial charge in [0.15, 0.2) is 0 Å². The number of benzene rings is 2. The number of amides is 2. The molecule has 1 aromatic heterocycles. The number of nitrogens with zero attached hydrogens (tertiary/aromatic N) is 4. The molecule has 7 nitrogen and oxygen atoms in total. The van der Waals surface area contributed by atoms with Gasteiger partial charge in [-0.3, -0.25) is 14.5 Å². The number of halogens is 1. The monoisotopic (exact) mass is 503 g/mol. The Labute approximate surface area is 216 Å². The third-order valence-electron chi connectivity index (χ3n) is 8.68. The zero-order valence-corrected chi connectivity index (χ0v) is 21.2. The molecule has 2 amide bonds. The van der Waals surface area contributed by atoms with Crippen LogP contribution in [0.4, 0.5) is 4.39 Å². The van der Waals surface area contributed by atoms with E-state index in [0.29, 0.717) is 36.7 Å². The molecule has 0 radical (unpaired) electrons. The van der Waals surface area contributed by atoms with E-state index in [1.54, 1.807) is 11.8 Å². The fourth-order valence-electron chi connectivity index (χ4n) is 6.61. The average Bonchev–Trinajstić information content (AvgIpc) is 3.37. The summed E-state index contributed by atoms with van der Waals surface area (Å²) < 4.78 is 15.9. The largest absolute Gasteiger partial charge is 0.349 e. The topological polar surface area (TPSA) is 70.5 Å². The quantitative estimate of drug-likeness (QED) is 0.528. The third kappa shape index (κ3) is 4.75. The lowest BCUT2D eigenvalue weighted by atomic mass is 9.94. The second-order valence-electron chi connectivity index (χ2n) is 10.9. The van der Waals surface area contributed by atoms with Crippen molar-refractivity contribution in [1.29, 1.82) is 0 Å². The molecule has 3 saturated heterocycles. The number of piperidine rings is 1. The van der Waals surface area contributed by atoms with Crippen molar-refractivity contribution in [2.75, 3.05) is 19.6 Å². The van der Waals surface area contributed by atoms with Crippen LogP contribution in [0.3, 0.4) is 0 Å². The van der Waals surface area contributed by atoms with Crippen LogP contribution >= 0.6 is 0 Å². The molecular weight excluding hydrogens is 469 g/mol. The molecule has 0 aliphatic carbocycles. The Morgan fingerprint density at radius 3 is 2.49 bits per heavy atom. The van der Waals surface area contributed by atoms with E-state index in [1.165, 1.54) is 25.0 Å². The molecule has 2 aromatic carbocycles. The Balaban J connectivity index is 1.11. The fourth-order valence-corrected chi connectivity index (χ4v) is 6.61. The average molecular weight is 504 g/mol. The summed E-state index contributed by atoms with van der Waals surface area (Å²) in [6.07, 6.45) is 7.22. The Kier molecular flexibility index (Phi) is 6.44. The van der Waals surface area contributed by atoms with Gasteiger partial charge in [0.1, 0.15) is 5.82 Å². The normalized spacial score (nSPS) is 24.7. The molecule has 1 N–H and O–H groups in total. The summed E-state index contributed by atoms with van der Waals surface area (Å²) in [6, 6.07) is 16.4. The standard InChI is InChI=1S/C29H34FN5O2/c1-19(36)33-16-21(17-33)29(37)32-26(20-5-3-2-4-6-20)11-12-34-23-8-9-24(34)15-25(14-23)35-18-31-27-13-22(30)7-10-28(27)35/h2-7,10,13,18,21,23-26H,8-9,11-12,14-17H2,1H3,(H,32,37)/t23-,24+,25?,26-/m0/s1. The van der Waals surface area contributed by atoms with Gasteiger partial charge in [-0.05, 0) is 49.8 Å². The number of carbonyl (C=O) groups excluding carboxylic acids is 2. The van der Waals surface area contributed by atoms with E-state index in [-0.39, 0.29) is 29.6 Å². The Morgan fingerprint density at radius 2 is 1.78 bits per heavy atom. The Bertz CT molecular complexity index is 1270. The summed E-state index contributed by atoms with van der Waals surface area (Å²) in [7, 11) is 0. The van der Waals surface area contributed by atoms with E-state index in [9.17, 15) is 14.0 Å². The Morgan fingerprint density at radius 1 is 1.05 bits per heavy atom. The third-order valence-corrected chi connectivity index (χ3v) is 8.68. The minimum Gasteiger partial charge on any atom is -0.349 e. The predicted molar refractivity (Wildman–Crippen MR) is 139 cm³/mol. The Hall–Kier alpha value is -3.26. The highest BCUT2D eigenvalue weighted by Crippen LogP contribution is 2.42. The van der Waals surface area contributed by atoms with Gasteiger partial charge >= 0.3 is 0 Å². The van der Waals surface area contributed by atoms with Crippen LogP contribution in [-0.2, 0) is 9.59 Å². The van der Waals surface area contributed by atoms with E-state index in [4.69, 9.17) is 0 Å². The van der Waals surface area contributed by atoms with Gasteiger partial charge in [0.2, 0.25) is 11.8 Å². The zero-order chi connectivity index (χ0) is 25.5. The smallest absolute Gasteiger partial charge is 0.227 e. The number of imidazole rings is 1. The SMILES string of the molecule is CC(=O)N1CC(C(=O)N[C@@H](CCN2[C@@H]3CC[C@H]2CC(n2cnc4cc(F)ccc42)C3)c2ccccc2)C1. The first-order valence-electron chi connectivity index (χ1n) is 13.4. The molecule has 3 fully saturated rings. The van der Waals surface area contributed by atoms with Gasteiger partial charge in [-0.15, -0.1) is 0 Å². The van der Waals surface area contributed by atoms with Crippen LogP contribution in [0.1, 0.15) is 56.7 Å². The van der Waals surface area contributed by atoms with Crippen molar-refractivity contribution in [3.8, 4) is 0 Å². The first-order chi connectivity index (χ1) is 18.0. The van der Waals surface area contributed by atoms with E-state index in [0.717, 1.165) is 36.9 Å². The molecule has 3 aliphatic heterocycles. The highest BCUT2D eigenvalue weighted by molar-refractivity contribution is 5.84. The van der Waals surface area contributed by atoms with E-state index < -0.39 is 0 Å². The van der Waals surface area contributed by atoms with E-state index in [1.807, 2.05) is 30.6 Å². The summed E-state index contributed by atoms with van der Waals surface area (Å²) in [4.78, 5) is 33.3. The predicted octanol–water partition coefficient (Wildman–Crippen LogP) is 4.07. The van der Waals surface area contributed by atoms with Crippen molar-refractivity contribution in [3.05, 3.63) is 66.2 Å². The second-order valence-corrected chi connectivity index (χ2v) is 10.9. The lowest BCUT2D eigenvalue weighted by Crippen LogP contribution is -2.55. The number of fused-ring (bicyclic) bond motifs is 3. The zero-order valence-electron chi connectivity index (χ0n) is 21.2. The molecule has 4 heterocycles. The molecule has 2 bridgehead atoms. The maximum atomic E-state index is 13.6. The van der Waals surface area contributed by atoms with Crippen molar-refractivity contribution in [3.63, 3.8) is 0 Å². The summed E-state index contributed by atoms with van der Waals surface area (Å²) in [5, 5.41) is 3.29. The van der Waals surface area contributed by atoms with Crippen LogP contribution < -0.4 is 5.32 Å². The maximum Gasteiger partial charge on any atom is 0.227 e. The number of likely N-dealkylation sites (tertiary alicyclic amines) is 1. The fraction of sp³-hybridized carbons (Fsp3) is 0.483. The van der Waals surface area contributed by atoms with Crippen LogP contribution in [0, 0.1) is 11.7 Å². The lowest BCUT2D eigenvalue weighted by Gasteiger charge is -2.41. The molecule has 3 aromatic rings. The summed E-state index contributed by atoms with van der Waals surface area (Å²) >= 11 is 0. The van der Waals surface area contributed by atoms with E-state index in [2.05, 4.69) is 31.9 Å². The number of hydrogen-bond donors (Lipinski definition) is 1. The maximum absolute atomic E-state index is 13.6. The molecule has 6 rings (SSSR count). The summed E-state index contributed by atoms with van der Waals surface area (Å²) in [5.41, 5.74) is 2.84. The van der Waals surface area contributed by atoms with Gasteiger partial charge in [-0.25, -0.2) is 9.37 Å². The molecule has 4 atom stereocenters. The summed E-state index contributed by atoms with van der Waals surface area (Å²) in [5.74, 6) is -0.309. The first-order valence-corrected chi connectivity index (χ1v) is 13.4. The van der Waals surface area contributed by atoms with Crippen LogP contribution in [0.5, 0.6) is 0 Å². The molecule has 37 heavy (non-hydrogen) atoms. The highest BCUT2D eigenvalue weighted by atomic mass is 19.1. The number of aromatic nitrogens is 2. The molecular formula is C29H34FN5O2. The van der Waals surface area contributed by atoms with Crippen molar-refractivity contribution < 1.29 is 14.0 Å². The van der Waals surface area contributed by atoms with Crippen LogP contribution in [-0.4, -0.2) is 62.9 Å². The van der Waals surface area contributed by atoms with Gasteiger partial charge in [-0.1, -0.05) is 30.3 Å². The van der Waals surface area contributed by atoms with Gasteiger partial charge in [0.25, 0.3) is 0 Å². The summed E-state index contributed by atoms with van der Waals surface area (Å²) in [6.45, 7) is 3.50. The van der Waals surface area contributed by atoms with Gasteiger partial charge in [-0.2, -0.15) is 0 Å². The number of nitrogens with one attached hydrogen (secondary N) is 1. The molecule has 0 spiro atoms. The first kappa shape index (κ1) is 24.1. The minimum atomic E-state index is -0.249. The van der Waals surface area contributed by atoms with Gasteiger partial charge in [0.05, 0.1) is 29.3 Å². The van der Waals surface area contributed by atoms with E-state index >= 15 is 0 Å². The number of rotatable bonds is 7. The highest BCUT2D eigenvalue weighted by Gasteiger charge is 2.42. The number of hydrogen-bond acceptors (Lipinski definition) is 4. The minimum absolute atomic E-state index is 0.0263. The van der Waals surface area contributed by atoms with Crippen LogP contribution in [0.15, 0.2) is 54.9 Å².